The zero-order valence-corrected chi connectivity index (χ0v) is 16.8. The minimum absolute atomic E-state index is 0.406. The van der Waals surface area contributed by atoms with E-state index in [1.54, 1.807) is 43.7 Å². The Balaban J connectivity index is 1.99. The molecule has 8 heteroatoms. The smallest absolute Gasteiger partial charge is 0.338 e. The number of primary amides is 1. The van der Waals surface area contributed by atoms with E-state index in [4.69, 9.17) is 5.73 Å². The molecule has 2 aromatic heterocycles. The molecule has 1 atom stereocenters. The predicted octanol–water partition coefficient (Wildman–Crippen LogP) is 2.24. The third kappa shape index (κ3) is 3.95. The van der Waals surface area contributed by atoms with Crippen molar-refractivity contribution >= 4 is 23.1 Å². The molecule has 0 unspecified atom stereocenters. The second-order valence-corrected chi connectivity index (χ2v) is 8.73. The van der Waals surface area contributed by atoms with Crippen LogP contribution in [0.3, 0.4) is 0 Å². The largest absolute Gasteiger partial charge is 0.368 e. The number of hydrogen-bond donors (Lipinski definition) is 2. The van der Waals surface area contributed by atoms with E-state index in [0.717, 1.165) is 30.3 Å². The van der Waals surface area contributed by atoms with Crippen molar-refractivity contribution in [2.24, 2.45) is 17.1 Å². The van der Waals surface area contributed by atoms with E-state index in [1.165, 1.54) is 6.42 Å². The molecule has 28 heavy (non-hydrogen) atoms. The molecule has 1 fully saturated rings. The average Bonchev–Trinajstić information content (AvgIpc) is 2.91. The van der Waals surface area contributed by atoms with Crippen molar-refractivity contribution in [3.63, 3.8) is 0 Å². The maximum Gasteiger partial charge on any atom is 0.338 e. The first-order valence-electron chi connectivity index (χ1n) is 9.86. The number of imidazole rings is 1. The van der Waals surface area contributed by atoms with E-state index < -0.39 is 29.1 Å². The highest BCUT2D eigenvalue weighted by atomic mass is 16.2. The Morgan fingerprint density at radius 3 is 2.57 bits per heavy atom. The number of carbonyl (C=O) groups is 2. The van der Waals surface area contributed by atoms with Crippen molar-refractivity contribution < 1.29 is 9.59 Å². The van der Waals surface area contributed by atoms with Gasteiger partial charge in [0.2, 0.25) is 5.91 Å². The molecule has 3 N–H and O–H groups in total. The first-order chi connectivity index (χ1) is 13.2. The number of nitrogens with zero attached hydrogens (tertiary/aromatic N) is 3. The highest BCUT2D eigenvalue weighted by molar-refractivity contribution is 5.91. The number of carbonyl (C=O) groups excluding carboxylic acids is 2. The van der Waals surface area contributed by atoms with Crippen molar-refractivity contribution in [1.29, 1.82) is 0 Å². The number of fused-ring (bicyclic) bond motifs is 1. The summed E-state index contributed by atoms with van der Waals surface area (Å²) in [5.74, 6) is -0.235. The lowest BCUT2D eigenvalue weighted by molar-refractivity contribution is -0.122. The molecule has 3 rings (SSSR count). The number of hydrogen-bond acceptors (Lipinski definition) is 4. The van der Waals surface area contributed by atoms with Gasteiger partial charge in [0.25, 0.3) is 0 Å². The van der Waals surface area contributed by atoms with Crippen molar-refractivity contribution in [2.75, 3.05) is 0 Å². The summed E-state index contributed by atoms with van der Waals surface area (Å²) in [7, 11) is 0. The van der Waals surface area contributed by atoms with Gasteiger partial charge in [0.05, 0.1) is 5.52 Å². The monoisotopic (exact) mass is 387 g/mol. The molecule has 1 aliphatic carbocycles. The van der Waals surface area contributed by atoms with E-state index in [2.05, 4.69) is 10.3 Å². The summed E-state index contributed by atoms with van der Waals surface area (Å²) in [6.07, 6.45) is 7.32. The Bertz CT molecular complexity index is 931. The van der Waals surface area contributed by atoms with E-state index in [9.17, 15) is 14.4 Å². The summed E-state index contributed by atoms with van der Waals surface area (Å²) in [5, 5.41) is 2.63. The first kappa shape index (κ1) is 20.1. The van der Waals surface area contributed by atoms with Gasteiger partial charge in [0.1, 0.15) is 6.04 Å². The van der Waals surface area contributed by atoms with Crippen LogP contribution in [0, 0.1) is 11.3 Å². The van der Waals surface area contributed by atoms with Crippen LogP contribution in [0.5, 0.6) is 0 Å². The van der Waals surface area contributed by atoms with Crippen LogP contribution in [0.4, 0.5) is 4.79 Å². The van der Waals surface area contributed by atoms with Gasteiger partial charge in [-0.3, -0.25) is 9.36 Å². The molecule has 0 bridgehead atoms. The molecule has 2 aromatic rings. The highest BCUT2D eigenvalue weighted by Gasteiger charge is 2.33. The normalized spacial score (nSPS) is 16.8. The second kappa shape index (κ2) is 7.77. The SMILES string of the molecule is CC(C)(C)[C@H](NC(=O)n1c(=O)n(CC2CCCCC2)c2ncccc21)C(N)=O. The minimum atomic E-state index is -0.902. The molecule has 0 spiro atoms. The van der Waals surface area contributed by atoms with Gasteiger partial charge >= 0.3 is 11.7 Å². The summed E-state index contributed by atoms with van der Waals surface area (Å²) < 4.78 is 2.65. The van der Waals surface area contributed by atoms with Crippen LogP contribution in [-0.4, -0.2) is 32.1 Å². The summed E-state index contributed by atoms with van der Waals surface area (Å²) >= 11 is 0. The Morgan fingerprint density at radius 1 is 1.29 bits per heavy atom. The fourth-order valence-electron chi connectivity index (χ4n) is 3.98. The topological polar surface area (TPSA) is 112 Å². The van der Waals surface area contributed by atoms with Crippen molar-refractivity contribution in [3.05, 3.63) is 28.8 Å². The molecule has 0 saturated heterocycles. The summed E-state index contributed by atoms with van der Waals surface area (Å²) in [5.41, 5.74) is 5.37. The van der Waals surface area contributed by atoms with E-state index in [-0.39, 0.29) is 0 Å². The maximum atomic E-state index is 13.1. The van der Waals surface area contributed by atoms with Crippen LogP contribution in [0.15, 0.2) is 23.1 Å². The molecule has 8 nitrogen and oxygen atoms in total. The summed E-state index contributed by atoms with van der Waals surface area (Å²) in [6.45, 7) is 5.96. The van der Waals surface area contributed by atoms with Crippen LogP contribution >= 0.6 is 0 Å². The van der Waals surface area contributed by atoms with Crippen LogP contribution in [0.2, 0.25) is 0 Å². The van der Waals surface area contributed by atoms with Crippen molar-refractivity contribution in [3.8, 4) is 0 Å². The molecule has 152 valence electrons. The van der Waals surface area contributed by atoms with Crippen LogP contribution in [-0.2, 0) is 11.3 Å². The van der Waals surface area contributed by atoms with E-state index in [0.29, 0.717) is 23.6 Å². The number of aromatic nitrogens is 3. The van der Waals surface area contributed by atoms with Gasteiger partial charge in [-0.2, -0.15) is 0 Å². The average molecular weight is 387 g/mol. The third-order valence-corrected chi connectivity index (χ3v) is 5.47. The van der Waals surface area contributed by atoms with Gasteiger partial charge in [-0.1, -0.05) is 40.0 Å². The minimum Gasteiger partial charge on any atom is -0.368 e. The van der Waals surface area contributed by atoms with Gasteiger partial charge in [0, 0.05) is 12.7 Å². The fraction of sp³-hybridized carbons (Fsp3) is 0.600. The van der Waals surface area contributed by atoms with Crippen molar-refractivity contribution in [1.82, 2.24) is 19.4 Å². The lowest BCUT2D eigenvalue weighted by Crippen LogP contribution is -2.54. The Morgan fingerprint density at radius 2 is 1.96 bits per heavy atom. The van der Waals surface area contributed by atoms with E-state index >= 15 is 0 Å². The van der Waals surface area contributed by atoms with Gasteiger partial charge in [-0.15, -0.1) is 0 Å². The maximum absolute atomic E-state index is 13.1. The number of amides is 2. The third-order valence-electron chi connectivity index (χ3n) is 5.47. The molecule has 0 aromatic carbocycles. The zero-order chi connectivity index (χ0) is 20.5. The number of nitrogens with two attached hydrogens (primary N) is 1. The highest BCUT2D eigenvalue weighted by Crippen LogP contribution is 2.26. The number of pyridine rings is 1. The lowest BCUT2D eigenvalue weighted by Gasteiger charge is -2.28. The quantitative estimate of drug-likeness (QED) is 0.838. The fourth-order valence-corrected chi connectivity index (χ4v) is 3.98. The standard InChI is InChI=1S/C20H29N5O3/c1-20(2,3)15(16(21)26)23-18(27)25-14-10-7-11-22-17(14)24(19(25)28)12-13-8-5-4-6-9-13/h7,10-11,13,15H,4-6,8-9,12H2,1-3H3,(H2,21,26)(H,23,27)/t15-/m1/s1. The molecule has 0 radical (unpaired) electrons. The zero-order valence-electron chi connectivity index (χ0n) is 16.8. The number of rotatable bonds is 4. The van der Waals surface area contributed by atoms with E-state index in [1.807, 2.05) is 0 Å². The van der Waals surface area contributed by atoms with Gasteiger partial charge in [0.15, 0.2) is 5.65 Å². The van der Waals surface area contributed by atoms with Gasteiger partial charge in [-0.25, -0.2) is 19.1 Å². The Kier molecular flexibility index (Phi) is 5.58. The molecule has 1 saturated carbocycles. The summed E-state index contributed by atoms with van der Waals surface area (Å²) in [4.78, 5) is 42.2. The number of nitrogens with one attached hydrogen (secondary N) is 1. The molecule has 0 aliphatic heterocycles. The molecule has 2 heterocycles. The van der Waals surface area contributed by atoms with Crippen LogP contribution in [0.1, 0.15) is 52.9 Å². The second-order valence-electron chi connectivity index (χ2n) is 8.73. The Labute approximate surface area is 164 Å². The molecular weight excluding hydrogens is 358 g/mol. The Hall–Kier alpha value is -2.64. The molecule has 2 amide bonds. The molecular formula is C20H29N5O3. The van der Waals surface area contributed by atoms with Crippen LogP contribution in [0.25, 0.3) is 11.2 Å². The lowest BCUT2D eigenvalue weighted by atomic mass is 9.86. The van der Waals surface area contributed by atoms with Crippen LogP contribution < -0.4 is 16.7 Å². The van der Waals surface area contributed by atoms with Gasteiger partial charge < -0.3 is 11.1 Å². The van der Waals surface area contributed by atoms with Gasteiger partial charge in [-0.05, 0) is 36.3 Å². The predicted molar refractivity (Wildman–Crippen MR) is 107 cm³/mol. The molecule has 1 aliphatic rings. The van der Waals surface area contributed by atoms with Crippen molar-refractivity contribution in [2.45, 2.75) is 65.5 Å². The first-order valence-corrected chi connectivity index (χ1v) is 9.86. The summed E-state index contributed by atoms with van der Waals surface area (Å²) in [6, 6.07) is 1.81.